The number of nitrogens with zero attached hydrogens (tertiary/aromatic N) is 1. The lowest BCUT2D eigenvalue weighted by Crippen LogP contribution is -2.47. The van der Waals surface area contributed by atoms with E-state index >= 15 is 0 Å². The van der Waals surface area contributed by atoms with Gasteiger partial charge in [-0.1, -0.05) is 161 Å². The van der Waals surface area contributed by atoms with E-state index < -0.39 is 6.04 Å². The van der Waals surface area contributed by atoms with Gasteiger partial charge in [-0.25, -0.2) is 0 Å². The second-order valence-electron chi connectivity index (χ2n) is 14.6. The fraction of sp³-hybridized carbons (Fsp3) is 0.905. The molecule has 0 radical (unpaired) electrons. The molecule has 0 aliphatic heterocycles. The Morgan fingerprint density at radius 3 is 1.43 bits per heavy atom. The molecular formula is C42H83N3O2. The third-order valence-electron chi connectivity index (χ3n) is 9.50. The van der Waals surface area contributed by atoms with Crippen molar-refractivity contribution in [3.8, 4) is 0 Å². The third-order valence-corrected chi connectivity index (χ3v) is 9.50. The van der Waals surface area contributed by atoms with E-state index in [2.05, 4.69) is 55.6 Å². The first kappa shape index (κ1) is 45.6. The Labute approximate surface area is 294 Å². The van der Waals surface area contributed by atoms with Gasteiger partial charge in [0.1, 0.15) is 6.04 Å². The number of allylic oxidation sites excluding steroid dienone is 2. The topological polar surface area (TPSA) is 61.4 Å². The van der Waals surface area contributed by atoms with Crippen LogP contribution in [0.2, 0.25) is 0 Å². The summed E-state index contributed by atoms with van der Waals surface area (Å²) in [6.07, 6.45) is 42.9. The van der Waals surface area contributed by atoms with Crippen LogP contribution in [0.1, 0.15) is 213 Å². The summed E-state index contributed by atoms with van der Waals surface area (Å²) in [7, 11) is 4.16. The molecule has 2 amide bonds. The lowest BCUT2D eigenvalue weighted by molar-refractivity contribution is -0.129. The van der Waals surface area contributed by atoms with Gasteiger partial charge in [0.05, 0.1) is 0 Å². The summed E-state index contributed by atoms with van der Waals surface area (Å²) < 4.78 is 0. The second-order valence-corrected chi connectivity index (χ2v) is 14.6. The molecule has 1 atom stereocenters. The number of hydrogen-bond donors (Lipinski definition) is 2. The highest BCUT2D eigenvalue weighted by Crippen LogP contribution is 2.14. The Morgan fingerprint density at radius 1 is 0.532 bits per heavy atom. The second kappa shape index (κ2) is 37.5. The van der Waals surface area contributed by atoms with Crippen molar-refractivity contribution in [2.45, 2.75) is 219 Å². The average molecular weight is 662 g/mol. The lowest BCUT2D eigenvalue weighted by atomic mass is 10.0. The molecule has 0 aliphatic rings. The van der Waals surface area contributed by atoms with Gasteiger partial charge in [-0.2, -0.15) is 0 Å². The predicted octanol–water partition coefficient (Wildman–Crippen LogP) is 11.8. The van der Waals surface area contributed by atoms with Gasteiger partial charge in [-0.05, 0) is 78.4 Å². The van der Waals surface area contributed by atoms with Crippen molar-refractivity contribution >= 4 is 11.8 Å². The van der Waals surface area contributed by atoms with Crippen LogP contribution in [0.4, 0.5) is 0 Å². The molecule has 0 saturated heterocycles. The molecule has 0 saturated carbocycles. The van der Waals surface area contributed by atoms with Crippen LogP contribution in [0, 0.1) is 0 Å². The van der Waals surface area contributed by atoms with Crippen LogP contribution in [0.15, 0.2) is 12.2 Å². The molecule has 0 spiro atoms. The summed E-state index contributed by atoms with van der Waals surface area (Å²) >= 11 is 0. The molecule has 5 heteroatoms. The minimum Gasteiger partial charge on any atom is -0.354 e. The van der Waals surface area contributed by atoms with E-state index in [1.165, 1.54) is 154 Å². The summed E-state index contributed by atoms with van der Waals surface area (Å²) in [5.41, 5.74) is 0. The van der Waals surface area contributed by atoms with Crippen LogP contribution in [0.5, 0.6) is 0 Å². The molecule has 2 N–H and O–H groups in total. The highest BCUT2D eigenvalue weighted by molar-refractivity contribution is 5.87. The molecular weight excluding hydrogens is 578 g/mol. The van der Waals surface area contributed by atoms with E-state index in [0.717, 1.165) is 51.6 Å². The van der Waals surface area contributed by atoms with Gasteiger partial charge >= 0.3 is 0 Å². The zero-order chi connectivity index (χ0) is 34.5. The van der Waals surface area contributed by atoms with Crippen molar-refractivity contribution in [3.05, 3.63) is 12.2 Å². The highest BCUT2D eigenvalue weighted by atomic mass is 16.2. The molecule has 0 rings (SSSR count). The van der Waals surface area contributed by atoms with Crippen LogP contribution in [0.25, 0.3) is 0 Å². The fourth-order valence-corrected chi connectivity index (χ4v) is 6.32. The molecule has 278 valence electrons. The van der Waals surface area contributed by atoms with Crippen molar-refractivity contribution in [3.63, 3.8) is 0 Å². The largest absolute Gasteiger partial charge is 0.354 e. The number of unbranched alkanes of at least 4 members (excludes halogenated alkanes) is 25. The normalized spacial score (nSPS) is 12.3. The van der Waals surface area contributed by atoms with Gasteiger partial charge in [0.2, 0.25) is 11.8 Å². The summed E-state index contributed by atoms with van der Waals surface area (Å²) in [6, 6.07) is -0.403. The van der Waals surface area contributed by atoms with Crippen molar-refractivity contribution in [2.75, 3.05) is 27.2 Å². The van der Waals surface area contributed by atoms with Crippen LogP contribution in [-0.4, -0.2) is 49.9 Å². The molecule has 0 aromatic carbocycles. The Balaban J connectivity index is 4.00. The lowest BCUT2D eigenvalue weighted by Gasteiger charge is -2.19. The third kappa shape index (κ3) is 35.8. The first-order chi connectivity index (χ1) is 23.0. The maximum Gasteiger partial charge on any atom is 0.242 e. The Morgan fingerprint density at radius 2 is 0.957 bits per heavy atom. The molecule has 0 aliphatic carbocycles. The standard InChI is InChI=1S/C42H83N3O2/c1-5-7-9-11-13-15-17-19-21-22-24-26-28-30-32-37-41(46)44-40(36-33-35-39-45(3)4)42(47)43-38-34-31-29-27-25-23-20-18-16-14-12-10-8-6-2/h19,21,40H,5-18,20,22-39H2,1-4H3,(H,43,47)(H,44,46). The maximum absolute atomic E-state index is 13.0. The zero-order valence-electron chi connectivity index (χ0n) is 32.3. The number of nitrogens with one attached hydrogen (secondary N) is 2. The molecule has 0 aromatic heterocycles. The number of rotatable bonds is 37. The van der Waals surface area contributed by atoms with E-state index in [-0.39, 0.29) is 11.8 Å². The number of carbonyl (C=O) groups is 2. The van der Waals surface area contributed by atoms with E-state index in [1.54, 1.807) is 0 Å². The summed E-state index contributed by atoms with van der Waals surface area (Å²) in [5, 5.41) is 6.22. The van der Waals surface area contributed by atoms with Gasteiger partial charge in [-0.3, -0.25) is 9.59 Å². The minimum atomic E-state index is -0.403. The average Bonchev–Trinajstić information content (AvgIpc) is 3.05. The molecule has 0 bridgehead atoms. The molecule has 5 nitrogen and oxygen atoms in total. The van der Waals surface area contributed by atoms with Crippen LogP contribution in [-0.2, 0) is 9.59 Å². The zero-order valence-corrected chi connectivity index (χ0v) is 32.3. The van der Waals surface area contributed by atoms with Crippen molar-refractivity contribution in [1.29, 1.82) is 0 Å². The first-order valence-corrected chi connectivity index (χ1v) is 20.9. The highest BCUT2D eigenvalue weighted by Gasteiger charge is 2.20. The van der Waals surface area contributed by atoms with Crippen molar-refractivity contribution < 1.29 is 9.59 Å². The van der Waals surface area contributed by atoms with Gasteiger partial charge in [0.15, 0.2) is 0 Å². The molecule has 1 unspecified atom stereocenters. The fourth-order valence-electron chi connectivity index (χ4n) is 6.32. The Bertz CT molecular complexity index is 693. The minimum absolute atomic E-state index is 0.00226. The van der Waals surface area contributed by atoms with Crippen LogP contribution < -0.4 is 10.6 Å². The number of carbonyl (C=O) groups excluding carboxylic acids is 2. The van der Waals surface area contributed by atoms with Crippen LogP contribution >= 0.6 is 0 Å². The van der Waals surface area contributed by atoms with E-state index in [0.29, 0.717) is 6.42 Å². The Hall–Kier alpha value is -1.36. The van der Waals surface area contributed by atoms with E-state index in [9.17, 15) is 9.59 Å². The first-order valence-electron chi connectivity index (χ1n) is 20.9. The SMILES string of the molecule is CCCCCCCCC=CCCCCCCCC(=O)NC(CCCCN(C)C)C(=O)NCCCCCCCCCCCCCCCC. The number of hydrogen-bond acceptors (Lipinski definition) is 3. The van der Waals surface area contributed by atoms with Crippen molar-refractivity contribution in [1.82, 2.24) is 15.5 Å². The van der Waals surface area contributed by atoms with Gasteiger partial charge in [0.25, 0.3) is 0 Å². The van der Waals surface area contributed by atoms with Gasteiger partial charge in [-0.15, -0.1) is 0 Å². The molecule has 0 fully saturated rings. The van der Waals surface area contributed by atoms with E-state index in [1.807, 2.05) is 0 Å². The Kier molecular flexibility index (Phi) is 36.4. The van der Waals surface area contributed by atoms with Crippen molar-refractivity contribution in [2.24, 2.45) is 0 Å². The van der Waals surface area contributed by atoms with Gasteiger partial charge < -0.3 is 15.5 Å². The van der Waals surface area contributed by atoms with Crippen LogP contribution in [0.3, 0.4) is 0 Å². The molecule has 0 aromatic rings. The molecule has 47 heavy (non-hydrogen) atoms. The summed E-state index contributed by atoms with van der Waals surface area (Å²) in [5.74, 6) is 0.0364. The predicted molar refractivity (Wildman–Crippen MR) is 207 cm³/mol. The maximum atomic E-state index is 13.0. The monoisotopic (exact) mass is 662 g/mol. The number of amides is 2. The smallest absolute Gasteiger partial charge is 0.242 e. The molecule has 0 heterocycles. The summed E-state index contributed by atoms with van der Waals surface area (Å²) in [4.78, 5) is 27.9. The van der Waals surface area contributed by atoms with Gasteiger partial charge in [0, 0.05) is 13.0 Å². The quantitative estimate of drug-likeness (QED) is 0.0514. The van der Waals surface area contributed by atoms with E-state index in [4.69, 9.17) is 0 Å². The summed E-state index contributed by atoms with van der Waals surface area (Å²) in [6.45, 7) is 6.28.